The highest BCUT2D eigenvalue weighted by molar-refractivity contribution is 7.92. The van der Waals surface area contributed by atoms with Gasteiger partial charge >= 0.3 is 0 Å². The zero-order chi connectivity index (χ0) is 21.8. The predicted octanol–water partition coefficient (Wildman–Crippen LogP) is 2.38. The second kappa shape index (κ2) is 8.69. The fraction of sp³-hybridized carbons (Fsp3) is 0.105. The number of anilines is 2. The normalized spacial score (nSPS) is 11.8. The molecule has 2 aromatic carbocycles. The van der Waals surface area contributed by atoms with Crippen LogP contribution in [0.2, 0.25) is 0 Å². The predicted molar refractivity (Wildman–Crippen MR) is 112 cm³/mol. The number of hydrogen-bond acceptors (Lipinski definition) is 6. The molecule has 0 bridgehead atoms. The van der Waals surface area contributed by atoms with Crippen LogP contribution in [-0.2, 0) is 26.6 Å². The Kier molecular flexibility index (Phi) is 6.25. The van der Waals surface area contributed by atoms with Gasteiger partial charge in [0.15, 0.2) is 0 Å². The number of nitrogens with one attached hydrogen (secondary N) is 3. The highest BCUT2D eigenvalue weighted by Crippen LogP contribution is 2.20. The first kappa shape index (κ1) is 21.6. The van der Waals surface area contributed by atoms with E-state index in [-0.39, 0.29) is 28.4 Å². The number of benzene rings is 2. The summed E-state index contributed by atoms with van der Waals surface area (Å²) in [6.45, 7) is -0.0174. The number of sulfonamides is 2. The van der Waals surface area contributed by atoms with Gasteiger partial charge in [-0.05, 0) is 42.5 Å². The second-order valence-corrected chi connectivity index (χ2v) is 9.82. The Balaban J connectivity index is 1.78. The van der Waals surface area contributed by atoms with Gasteiger partial charge in [-0.3, -0.25) is 9.52 Å². The van der Waals surface area contributed by atoms with Crippen LogP contribution in [0.3, 0.4) is 0 Å². The van der Waals surface area contributed by atoms with Crippen LogP contribution in [0.5, 0.6) is 0 Å². The highest BCUT2D eigenvalue weighted by atomic mass is 32.2. The Morgan fingerprint density at radius 3 is 2.43 bits per heavy atom. The van der Waals surface area contributed by atoms with Gasteiger partial charge in [0.1, 0.15) is 5.76 Å². The number of carbonyl (C=O) groups excluding carboxylic acids is 1. The van der Waals surface area contributed by atoms with Crippen molar-refractivity contribution in [1.29, 1.82) is 0 Å². The number of amides is 1. The first-order chi connectivity index (χ1) is 14.1. The maximum atomic E-state index is 12.6. The van der Waals surface area contributed by atoms with Gasteiger partial charge in [0.25, 0.3) is 5.91 Å². The molecule has 3 rings (SSSR count). The van der Waals surface area contributed by atoms with Gasteiger partial charge < -0.3 is 9.73 Å². The van der Waals surface area contributed by atoms with E-state index in [2.05, 4.69) is 14.8 Å². The molecule has 0 aliphatic heterocycles. The van der Waals surface area contributed by atoms with Crippen molar-refractivity contribution in [2.75, 3.05) is 16.3 Å². The molecule has 1 aromatic heterocycles. The standard InChI is InChI=1S/C19H19N3O6S2/c1-29(24,25)22-18-10-3-2-9-17(18)19(23)21-14-6-4-8-16(12-14)30(26,27)20-13-15-7-5-11-28-15/h2-12,20,22H,13H2,1H3,(H,21,23). The van der Waals surface area contributed by atoms with E-state index >= 15 is 0 Å². The third-order valence-electron chi connectivity index (χ3n) is 3.89. The summed E-state index contributed by atoms with van der Waals surface area (Å²) in [7, 11) is -7.43. The average molecular weight is 450 g/mol. The summed E-state index contributed by atoms with van der Waals surface area (Å²) in [6.07, 6.45) is 2.42. The third kappa shape index (κ3) is 5.69. The van der Waals surface area contributed by atoms with E-state index in [9.17, 15) is 21.6 Å². The number of para-hydroxylation sites is 1. The van der Waals surface area contributed by atoms with Crippen LogP contribution in [0.1, 0.15) is 16.1 Å². The van der Waals surface area contributed by atoms with Crippen LogP contribution in [0.15, 0.2) is 76.2 Å². The van der Waals surface area contributed by atoms with E-state index in [0.717, 1.165) is 6.26 Å². The van der Waals surface area contributed by atoms with Gasteiger partial charge in [-0.15, -0.1) is 0 Å². The number of carbonyl (C=O) groups is 1. The summed E-state index contributed by atoms with van der Waals surface area (Å²) >= 11 is 0. The molecule has 0 atom stereocenters. The highest BCUT2D eigenvalue weighted by Gasteiger charge is 2.17. The Bertz CT molecular complexity index is 1250. The number of hydrogen-bond donors (Lipinski definition) is 3. The van der Waals surface area contributed by atoms with Gasteiger partial charge in [0.2, 0.25) is 20.0 Å². The van der Waals surface area contributed by atoms with Crippen molar-refractivity contribution in [3.05, 3.63) is 78.3 Å². The van der Waals surface area contributed by atoms with Crippen molar-refractivity contribution in [2.45, 2.75) is 11.4 Å². The molecule has 1 heterocycles. The monoisotopic (exact) mass is 449 g/mol. The van der Waals surface area contributed by atoms with Gasteiger partial charge in [-0.1, -0.05) is 18.2 Å². The molecule has 158 valence electrons. The van der Waals surface area contributed by atoms with Crippen LogP contribution in [-0.4, -0.2) is 29.0 Å². The molecule has 0 aliphatic carbocycles. The van der Waals surface area contributed by atoms with Crippen molar-refractivity contribution in [3.8, 4) is 0 Å². The van der Waals surface area contributed by atoms with E-state index in [1.54, 1.807) is 24.3 Å². The summed E-state index contributed by atoms with van der Waals surface area (Å²) in [4.78, 5) is 12.6. The molecule has 0 saturated carbocycles. The van der Waals surface area contributed by atoms with Crippen LogP contribution < -0.4 is 14.8 Å². The topological polar surface area (TPSA) is 135 Å². The lowest BCUT2D eigenvalue weighted by atomic mass is 10.1. The van der Waals surface area contributed by atoms with E-state index in [0.29, 0.717) is 5.76 Å². The minimum atomic E-state index is -3.84. The summed E-state index contributed by atoms with van der Waals surface area (Å²) < 4.78 is 57.8. The third-order valence-corrected chi connectivity index (χ3v) is 5.88. The van der Waals surface area contributed by atoms with E-state index in [4.69, 9.17) is 4.42 Å². The quantitative estimate of drug-likeness (QED) is 0.483. The summed E-state index contributed by atoms with van der Waals surface area (Å²) in [6, 6.07) is 15.1. The van der Waals surface area contributed by atoms with Crippen LogP contribution in [0.25, 0.3) is 0 Å². The molecular formula is C19H19N3O6S2. The fourth-order valence-electron chi connectivity index (χ4n) is 2.57. The van der Waals surface area contributed by atoms with E-state index < -0.39 is 26.0 Å². The molecular weight excluding hydrogens is 430 g/mol. The molecule has 3 aromatic rings. The van der Waals surface area contributed by atoms with Crippen LogP contribution >= 0.6 is 0 Å². The van der Waals surface area contributed by atoms with Gasteiger partial charge in [-0.2, -0.15) is 0 Å². The molecule has 9 nitrogen and oxygen atoms in total. The molecule has 3 N–H and O–H groups in total. The van der Waals surface area contributed by atoms with Crippen molar-refractivity contribution in [3.63, 3.8) is 0 Å². The van der Waals surface area contributed by atoms with Crippen molar-refractivity contribution < 1.29 is 26.0 Å². The first-order valence-corrected chi connectivity index (χ1v) is 12.0. The smallest absolute Gasteiger partial charge is 0.257 e. The molecule has 11 heteroatoms. The van der Waals surface area contributed by atoms with Crippen molar-refractivity contribution in [2.24, 2.45) is 0 Å². The van der Waals surface area contributed by atoms with Crippen molar-refractivity contribution >= 4 is 37.3 Å². The summed E-state index contributed by atoms with van der Waals surface area (Å²) in [5.41, 5.74) is 0.434. The Morgan fingerprint density at radius 1 is 0.967 bits per heavy atom. The van der Waals surface area contributed by atoms with Gasteiger partial charge in [-0.25, -0.2) is 21.6 Å². The lowest BCUT2D eigenvalue weighted by Crippen LogP contribution is -2.23. The summed E-state index contributed by atoms with van der Waals surface area (Å²) in [5, 5.41) is 2.58. The molecule has 0 spiro atoms. The molecule has 0 aliphatic rings. The van der Waals surface area contributed by atoms with Crippen LogP contribution in [0.4, 0.5) is 11.4 Å². The molecule has 0 fully saturated rings. The Labute approximate surface area is 174 Å². The largest absolute Gasteiger partial charge is 0.468 e. The maximum absolute atomic E-state index is 12.6. The number of rotatable bonds is 8. The summed E-state index contributed by atoms with van der Waals surface area (Å²) in [5.74, 6) is -0.141. The Hall–Kier alpha value is -3.15. The minimum Gasteiger partial charge on any atom is -0.468 e. The zero-order valence-electron chi connectivity index (χ0n) is 15.8. The average Bonchev–Trinajstić information content (AvgIpc) is 3.19. The zero-order valence-corrected chi connectivity index (χ0v) is 17.5. The van der Waals surface area contributed by atoms with Crippen molar-refractivity contribution in [1.82, 2.24) is 4.72 Å². The Morgan fingerprint density at radius 2 is 1.73 bits per heavy atom. The molecule has 30 heavy (non-hydrogen) atoms. The fourth-order valence-corrected chi connectivity index (χ4v) is 4.19. The van der Waals surface area contributed by atoms with Crippen LogP contribution in [0, 0.1) is 0 Å². The molecule has 0 saturated heterocycles. The second-order valence-electron chi connectivity index (χ2n) is 6.31. The lowest BCUT2D eigenvalue weighted by molar-refractivity contribution is 0.102. The lowest BCUT2D eigenvalue weighted by Gasteiger charge is -2.12. The SMILES string of the molecule is CS(=O)(=O)Nc1ccccc1C(=O)Nc1cccc(S(=O)(=O)NCc2ccco2)c1. The molecule has 0 radical (unpaired) electrons. The van der Waals surface area contributed by atoms with E-state index in [1.165, 1.54) is 42.7 Å². The molecule has 0 unspecified atom stereocenters. The maximum Gasteiger partial charge on any atom is 0.257 e. The minimum absolute atomic E-state index is 0.0174. The molecule has 1 amide bonds. The first-order valence-electron chi connectivity index (χ1n) is 8.64. The van der Waals surface area contributed by atoms with E-state index in [1.807, 2.05) is 0 Å². The number of furan rings is 1. The van der Waals surface area contributed by atoms with Gasteiger partial charge in [0.05, 0.1) is 35.2 Å². The van der Waals surface area contributed by atoms with Gasteiger partial charge in [0, 0.05) is 5.69 Å².